The van der Waals surface area contributed by atoms with Crippen LogP contribution in [0.25, 0.3) is 0 Å². The molecule has 0 saturated carbocycles. The molecular weight excluding hydrogens is 334 g/mol. The van der Waals surface area contributed by atoms with Crippen LogP contribution in [-0.4, -0.2) is 99.8 Å². The number of carbonyl (C=O) groups excluding carboxylic acids is 1. The summed E-state index contributed by atoms with van der Waals surface area (Å²) in [6.45, 7) is 11.5. The van der Waals surface area contributed by atoms with Crippen LogP contribution in [0.2, 0.25) is 0 Å². The molecule has 2 aliphatic rings. The number of nitrogens with zero attached hydrogens (tertiary/aromatic N) is 7. The third kappa shape index (κ3) is 4.99. The highest BCUT2D eigenvalue weighted by Crippen LogP contribution is 2.19. The zero-order chi connectivity index (χ0) is 18.5. The van der Waals surface area contributed by atoms with Gasteiger partial charge in [0.05, 0.1) is 19.8 Å². The Labute approximate surface area is 155 Å². The van der Waals surface area contributed by atoms with Gasteiger partial charge in [0.2, 0.25) is 5.91 Å². The van der Waals surface area contributed by atoms with Gasteiger partial charge >= 0.3 is 0 Å². The first kappa shape index (κ1) is 19.2. The summed E-state index contributed by atoms with van der Waals surface area (Å²) in [6, 6.07) is 0.574. The van der Waals surface area contributed by atoms with E-state index in [0.717, 1.165) is 58.2 Å². The number of tetrazole rings is 1. The summed E-state index contributed by atoms with van der Waals surface area (Å²) in [4.78, 5) is 19.2. The largest absolute Gasteiger partial charge is 0.379 e. The number of amides is 1. The maximum Gasteiger partial charge on any atom is 0.244 e. The van der Waals surface area contributed by atoms with Crippen LogP contribution in [0.4, 0.5) is 0 Å². The molecule has 1 aromatic heterocycles. The summed E-state index contributed by atoms with van der Waals surface area (Å²) in [7, 11) is 1.88. The molecule has 0 aliphatic carbocycles. The normalized spacial score (nSPS) is 22.2. The fourth-order valence-corrected chi connectivity index (χ4v) is 3.64. The van der Waals surface area contributed by atoms with Gasteiger partial charge in [0.25, 0.3) is 0 Å². The average molecular weight is 365 g/mol. The Balaban J connectivity index is 1.49. The number of morpholine rings is 1. The Morgan fingerprint density at radius 3 is 2.77 bits per heavy atom. The van der Waals surface area contributed by atoms with Crippen LogP contribution in [0, 0.1) is 5.92 Å². The summed E-state index contributed by atoms with van der Waals surface area (Å²) in [5.74, 6) is 1.34. The predicted molar refractivity (Wildman–Crippen MR) is 96.4 cm³/mol. The highest BCUT2D eigenvalue weighted by Gasteiger charge is 2.26. The van der Waals surface area contributed by atoms with Crippen LogP contribution < -0.4 is 0 Å². The van der Waals surface area contributed by atoms with Gasteiger partial charge in [-0.3, -0.25) is 9.69 Å². The minimum atomic E-state index is 0.0588. The Morgan fingerprint density at radius 2 is 2.08 bits per heavy atom. The number of hydrogen-bond acceptors (Lipinski definition) is 7. The first-order valence-electron chi connectivity index (χ1n) is 9.56. The van der Waals surface area contributed by atoms with E-state index in [0.29, 0.717) is 18.5 Å². The van der Waals surface area contributed by atoms with Crippen molar-refractivity contribution >= 4 is 5.91 Å². The number of likely N-dealkylation sites (N-methyl/N-ethyl adjacent to an activating group) is 1. The molecule has 3 rings (SSSR count). The molecule has 146 valence electrons. The van der Waals surface area contributed by atoms with Gasteiger partial charge in [-0.1, -0.05) is 0 Å². The van der Waals surface area contributed by atoms with Gasteiger partial charge in [0, 0.05) is 39.3 Å². The predicted octanol–water partition coefficient (Wildman–Crippen LogP) is -0.306. The Bertz CT molecular complexity index is 585. The van der Waals surface area contributed by atoms with Crippen molar-refractivity contribution in [2.24, 2.45) is 5.92 Å². The van der Waals surface area contributed by atoms with E-state index in [4.69, 9.17) is 4.74 Å². The quantitative estimate of drug-likeness (QED) is 0.656. The SMILES string of the molecule is CC(C)N1CCC(CN(C)C(=O)Cn2nnnc2CN2CCOCC2)C1. The van der Waals surface area contributed by atoms with Crippen molar-refractivity contribution in [1.29, 1.82) is 0 Å². The number of aromatic nitrogens is 4. The molecule has 2 fully saturated rings. The van der Waals surface area contributed by atoms with Gasteiger partial charge in [0.15, 0.2) is 5.82 Å². The minimum Gasteiger partial charge on any atom is -0.379 e. The summed E-state index contributed by atoms with van der Waals surface area (Å²) in [6.07, 6.45) is 1.16. The second-order valence-corrected chi connectivity index (χ2v) is 7.66. The van der Waals surface area contributed by atoms with Gasteiger partial charge in [0.1, 0.15) is 6.54 Å². The second kappa shape index (κ2) is 8.88. The van der Waals surface area contributed by atoms with Crippen molar-refractivity contribution in [2.75, 3.05) is 53.0 Å². The van der Waals surface area contributed by atoms with Crippen molar-refractivity contribution in [3.63, 3.8) is 0 Å². The van der Waals surface area contributed by atoms with E-state index in [9.17, 15) is 4.79 Å². The molecule has 1 aromatic rings. The maximum absolute atomic E-state index is 12.6. The molecule has 1 unspecified atom stereocenters. The average Bonchev–Trinajstić information content (AvgIpc) is 3.26. The van der Waals surface area contributed by atoms with E-state index >= 15 is 0 Å². The third-order valence-electron chi connectivity index (χ3n) is 5.37. The standard InChI is InChI=1S/C17H31N7O2/c1-14(2)23-5-4-15(11-23)10-21(3)17(25)13-24-16(18-19-20-24)12-22-6-8-26-9-7-22/h14-15H,4-13H2,1-3H3. The number of ether oxygens (including phenoxy) is 1. The first-order valence-corrected chi connectivity index (χ1v) is 9.56. The van der Waals surface area contributed by atoms with Crippen LogP contribution in [0.15, 0.2) is 0 Å². The van der Waals surface area contributed by atoms with Crippen molar-refractivity contribution in [1.82, 2.24) is 34.9 Å². The molecule has 9 heteroatoms. The van der Waals surface area contributed by atoms with E-state index in [-0.39, 0.29) is 12.5 Å². The third-order valence-corrected chi connectivity index (χ3v) is 5.37. The molecule has 0 N–H and O–H groups in total. The van der Waals surface area contributed by atoms with E-state index in [1.54, 1.807) is 4.68 Å². The maximum atomic E-state index is 12.6. The van der Waals surface area contributed by atoms with Gasteiger partial charge in [-0.05, 0) is 43.2 Å². The fraction of sp³-hybridized carbons (Fsp3) is 0.882. The summed E-state index contributed by atoms with van der Waals surface area (Å²) >= 11 is 0. The Morgan fingerprint density at radius 1 is 1.31 bits per heavy atom. The lowest BCUT2D eigenvalue weighted by molar-refractivity contribution is -0.131. The van der Waals surface area contributed by atoms with Crippen molar-refractivity contribution in [2.45, 2.75) is 39.4 Å². The molecule has 0 bridgehead atoms. The van der Waals surface area contributed by atoms with Crippen LogP contribution >= 0.6 is 0 Å². The minimum absolute atomic E-state index is 0.0588. The number of carbonyl (C=O) groups is 1. The smallest absolute Gasteiger partial charge is 0.244 e. The van der Waals surface area contributed by atoms with Gasteiger partial charge in [-0.25, -0.2) is 4.68 Å². The highest BCUT2D eigenvalue weighted by molar-refractivity contribution is 5.75. The zero-order valence-electron chi connectivity index (χ0n) is 16.2. The van der Waals surface area contributed by atoms with Crippen LogP contribution in [0.1, 0.15) is 26.1 Å². The Hall–Kier alpha value is -1.58. The molecule has 0 aromatic carbocycles. The molecule has 3 heterocycles. The molecule has 2 aliphatic heterocycles. The van der Waals surface area contributed by atoms with Crippen LogP contribution in [0.5, 0.6) is 0 Å². The zero-order valence-corrected chi connectivity index (χ0v) is 16.2. The van der Waals surface area contributed by atoms with E-state index in [2.05, 4.69) is 39.2 Å². The summed E-state index contributed by atoms with van der Waals surface area (Å²) in [5, 5.41) is 11.9. The molecule has 2 saturated heterocycles. The van der Waals surface area contributed by atoms with E-state index in [1.165, 1.54) is 0 Å². The topological polar surface area (TPSA) is 79.6 Å². The molecular formula is C17H31N7O2. The summed E-state index contributed by atoms with van der Waals surface area (Å²) < 4.78 is 6.99. The van der Waals surface area contributed by atoms with E-state index < -0.39 is 0 Å². The lowest BCUT2D eigenvalue weighted by Gasteiger charge is -2.26. The van der Waals surface area contributed by atoms with Gasteiger partial charge in [-0.2, -0.15) is 0 Å². The lowest BCUT2D eigenvalue weighted by atomic mass is 10.1. The molecule has 1 amide bonds. The molecule has 9 nitrogen and oxygen atoms in total. The molecule has 0 spiro atoms. The molecule has 0 radical (unpaired) electrons. The number of hydrogen-bond donors (Lipinski definition) is 0. The second-order valence-electron chi connectivity index (χ2n) is 7.66. The fourth-order valence-electron chi connectivity index (χ4n) is 3.64. The van der Waals surface area contributed by atoms with Crippen molar-refractivity contribution in [3.8, 4) is 0 Å². The molecule has 26 heavy (non-hydrogen) atoms. The lowest BCUT2D eigenvalue weighted by Crippen LogP contribution is -2.38. The van der Waals surface area contributed by atoms with Crippen LogP contribution in [-0.2, 0) is 22.6 Å². The number of likely N-dealkylation sites (tertiary alicyclic amines) is 1. The van der Waals surface area contributed by atoms with Crippen molar-refractivity contribution in [3.05, 3.63) is 5.82 Å². The van der Waals surface area contributed by atoms with Gasteiger partial charge < -0.3 is 14.5 Å². The first-order chi connectivity index (χ1) is 12.5. The van der Waals surface area contributed by atoms with Crippen molar-refractivity contribution < 1.29 is 9.53 Å². The van der Waals surface area contributed by atoms with Crippen LogP contribution in [0.3, 0.4) is 0 Å². The molecule has 1 atom stereocenters. The van der Waals surface area contributed by atoms with Gasteiger partial charge in [-0.15, -0.1) is 5.10 Å². The monoisotopic (exact) mass is 365 g/mol. The number of rotatable bonds is 7. The highest BCUT2D eigenvalue weighted by atomic mass is 16.5. The summed E-state index contributed by atoms with van der Waals surface area (Å²) in [5.41, 5.74) is 0. The Kier molecular flexibility index (Phi) is 6.55. The van der Waals surface area contributed by atoms with E-state index in [1.807, 2.05) is 11.9 Å².